The van der Waals surface area contributed by atoms with Gasteiger partial charge < -0.3 is 15.5 Å². The summed E-state index contributed by atoms with van der Waals surface area (Å²) >= 11 is 1.82. The predicted molar refractivity (Wildman–Crippen MR) is 113 cm³/mol. The molecule has 0 amide bonds. The Hall–Kier alpha value is -2.01. The minimum atomic E-state index is 0.100. The van der Waals surface area contributed by atoms with Crippen LogP contribution in [0.2, 0.25) is 0 Å². The van der Waals surface area contributed by atoms with Crippen molar-refractivity contribution in [2.75, 3.05) is 38.1 Å². The Bertz CT molecular complexity index is 694. The van der Waals surface area contributed by atoms with Crippen molar-refractivity contribution in [1.29, 1.82) is 0 Å². The van der Waals surface area contributed by atoms with Gasteiger partial charge in [-0.05, 0) is 35.9 Å². The minimum absolute atomic E-state index is 0.100. The molecule has 5 heteroatoms. The van der Waals surface area contributed by atoms with E-state index in [1.807, 2.05) is 18.4 Å². The van der Waals surface area contributed by atoms with E-state index in [-0.39, 0.29) is 5.41 Å². The number of nitrogens with one attached hydrogen (secondary N) is 2. The van der Waals surface area contributed by atoms with Crippen LogP contribution in [0, 0.1) is 5.92 Å². The van der Waals surface area contributed by atoms with Crippen LogP contribution in [0.5, 0.6) is 0 Å². The minimum Gasteiger partial charge on any atom is -0.371 e. The standard InChI is InChI=1S/C21H30N4S/c1-21(2,19-10-7-13-26-19)16-24-20(22-3)23-14-17-11-12-25(15-17)18-8-5-4-6-9-18/h4-10,13,17H,11-12,14-16H2,1-3H3,(H2,22,23,24). The second-order valence-electron chi connectivity index (χ2n) is 7.60. The van der Waals surface area contributed by atoms with Gasteiger partial charge in [0, 0.05) is 49.2 Å². The van der Waals surface area contributed by atoms with Crippen LogP contribution < -0.4 is 15.5 Å². The van der Waals surface area contributed by atoms with Gasteiger partial charge in [-0.15, -0.1) is 11.3 Å². The van der Waals surface area contributed by atoms with Gasteiger partial charge in [-0.3, -0.25) is 4.99 Å². The molecular formula is C21H30N4S. The van der Waals surface area contributed by atoms with Crippen molar-refractivity contribution in [2.45, 2.75) is 25.7 Å². The van der Waals surface area contributed by atoms with Gasteiger partial charge >= 0.3 is 0 Å². The molecule has 3 rings (SSSR count). The largest absolute Gasteiger partial charge is 0.371 e. The lowest BCUT2D eigenvalue weighted by Crippen LogP contribution is -2.44. The molecule has 1 saturated heterocycles. The van der Waals surface area contributed by atoms with Crippen molar-refractivity contribution in [3.8, 4) is 0 Å². The van der Waals surface area contributed by atoms with Gasteiger partial charge in [0.25, 0.3) is 0 Å². The molecule has 1 unspecified atom stereocenters. The third kappa shape index (κ3) is 4.79. The lowest BCUT2D eigenvalue weighted by Gasteiger charge is -2.25. The molecule has 140 valence electrons. The number of aliphatic imine (C=N–C) groups is 1. The molecule has 1 aromatic heterocycles. The maximum Gasteiger partial charge on any atom is 0.191 e. The van der Waals surface area contributed by atoms with Gasteiger partial charge in [0.05, 0.1) is 0 Å². The first-order valence-corrected chi connectivity index (χ1v) is 10.2. The highest BCUT2D eigenvalue weighted by Gasteiger charge is 2.24. The zero-order valence-electron chi connectivity index (χ0n) is 16.0. The Morgan fingerprint density at radius 1 is 1.19 bits per heavy atom. The fourth-order valence-corrected chi connectivity index (χ4v) is 4.24. The summed E-state index contributed by atoms with van der Waals surface area (Å²) in [5, 5.41) is 9.16. The van der Waals surface area contributed by atoms with Crippen LogP contribution in [0.3, 0.4) is 0 Å². The van der Waals surface area contributed by atoms with Crippen LogP contribution in [0.15, 0.2) is 52.8 Å². The maximum atomic E-state index is 4.39. The zero-order chi connectivity index (χ0) is 18.4. The van der Waals surface area contributed by atoms with Crippen molar-refractivity contribution >= 4 is 23.0 Å². The van der Waals surface area contributed by atoms with Crippen LogP contribution >= 0.6 is 11.3 Å². The summed E-state index contributed by atoms with van der Waals surface area (Å²) in [4.78, 5) is 8.27. The summed E-state index contributed by atoms with van der Waals surface area (Å²) in [7, 11) is 1.85. The fraction of sp³-hybridized carbons (Fsp3) is 0.476. The van der Waals surface area contributed by atoms with E-state index < -0.39 is 0 Å². The Balaban J connectivity index is 1.45. The molecule has 0 aliphatic carbocycles. The summed E-state index contributed by atoms with van der Waals surface area (Å²) in [5.74, 6) is 1.55. The summed E-state index contributed by atoms with van der Waals surface area (Å²) in [6, 6.07) is 15.0. The molecule has 0 radical (unpaired) electrons. The first-order chi connectivity index (χ1) is 12.6. The zero-order valence-corrected chi connectivity index (χ0v) is 16.9. The molecule has 1 aliphatic heterocycles. The molecule has 4 nitrogen and oxygen atoms in total. The van der Waals surface area contributed by atoms with Crippen molar-refractivity contribution in [3.63, 3.8) is 0 Å². The Morgan fingerprint density at radius 2 is 2.00 bits per heavy atom. The van der Waals surface area contributed by atoms with Gasteiger partial charge in [0.1, 0.15) is 0 Å². The smallest absolute Gasteiger partial charge is 0.191 e. The van der Waals surface area contributed by atoms with E-state index in [1.165, 1.54) is 17.0 Å². The van der Waals surface area contributed by atoms with Crippen molar-refractivity contribution in [3.05, 3.63) is 52.7 Å². The molecule has 2 N–H and O–H groups in total. The van der Waals surface area contributed by atoms with Crippen molar-refractivity contribution < 1.29 is 0 Å². The molecule has 2 heterocycles. The average molecular weight is 371 g/mol. The number of guanidine groups is 1. The van der Waals surface area contributed by atoms with E-state index in [1.54, 1.807) is 0 Å². The molecule has 1 atom stereocenters. The Morgan fingerprint density at radius 3 is 2.69 bits per heavy atom. The second kappa shape index (κ2) is 8.58. The summed E-state index contributed by atoms with van der Waals surface area (Å²) in [6.45, 7) is 8.61. The lowest BCUT2D eigenvalue weighted by atomic mass is 9.91. The molecule has 0 spiro atoms. The van der Waals surface area contributed by atoms with Gasteiger partial charge in [-0.25, -0.2) is 0 Å². The average Bonchev–Trinajstić information content (AvgIpc) is 3.35. The van der Waals surface area contributed by atoms with Crippen molar-refractivity contribution in [1.82, 2.24) is 10.6 Å². The number of hydrogen-bond donors (Lipinski definition) is 2. The highest BCUT2D eigenvalue weighted by molar-refractivity contribution is 7.10. The molecule has 1 aromatic carbocycles. The fourth-order valence-electron chi connectivity index (χ4n) is 3.39. The monoisotopic (exact) mass is 370 g/mol. The Labute approximate surface area is 161 Å². The molecule has 1 fully saturated rings. The number of thiophene rings is 1. The normalized spacial score (nSPS) is 18.2. The first kappa shape index (κ1) is 18.8. The third-order valence-corrected chi connectivity index (χ3v) is 6.31. The molecule has 1 aliphatic rings. The van der Waals surface area contributed by atoms with Gasteiger partial charge in [0.15, 0.2) is 5.96 Å². The van der Waals surface area contributed by atoms with Crippen LogP contribution in [-0.2, 0) is 5.41 Å². The molecule has 26 heavy (non-hydrogen) atoms. The second-order valence-corrected chi connectivity index (χ2v) is 8.55. The maximum absolute atomic E-state index is 4.39. The van der Waals surface area contributed by atoms with E-state index in [4.69, 9.17) is 0 Å². The van der Waals surface area contributed by atoms with Crippen LogP contribution in [-0.4, -0.2) is 39.2 Å². The van der Waals surface area contributed by atoms with E-state index in [0.717, 1.165) is 32.1 Å². The summed E-state index contributed by atoms with van der Waals surface area (Å²) < 4.78 is 0. The number of para-hydroxylation sites is 1. The van der Waals surface area contributed by atoms with Crippen LogP contribution in [0.25, 0.3) is 0 Å². The SMILES string of the molecule is CN=C(NCC1CCN(c2ccccc2)C1)NCC(C)(C)c1cccs1. The lowest BCUT2D eigenvalue weighted by molar-refractivity contribution is 0.511. The molecule has 2 aromatic rings. The van der Waals surface area contributed by atoms with E-state index in [0.29, 0.717) is 5.92 Å². The highest BCUT2D eigenvalue weighted by atomic mass is 32.1. The van der Waals surface area contributed by atoms with E-state index in [9.17, 15) is 0 Å². The predicted octanol–water partition coefficient (Wildman–Crippen LogP) is 3.72. The molecular weight excluding hydrogens is 340 g/mol. The van der Waals surface area contributed by atoms with Crippen LogP contribution in [0.4, 0.5) is 5.69 Å². The van der Waals surface area contributed by atoms with Crippen LogP contribution in [0.1, 0.15) is 25.1 Å². The van der Waals surface area contributed by atoms with E-state index >= 15 is 0 Å². The molecule has 0 saturated carbocycles. The first-order valence-electron chi connectivity index (χ1n) is 9.37. The van der Waals surface area contributed by atoms with Gasteiger partial charge in [-0.1, -0.05) is 38.1 Å². The molecule has 0 bridgehead atoms. The van der Waals surface area contributed by atoms with Crippen molar-refractivity contribution in [2.24, 2.45) is 10.9 Å². The number of benzene rings is 1. The van der Waals surface area contributed by atoms with Gasteiger partial charge in [-0.2, -0.15) is 0 Å². The third-order valence-electron chi connectivity index (χ3n) is 5.07. The number of rotatable bonds is 6. The number of nitrogens with zero attached hydrogens (tertiary/aromatic N) is 2. The Kier molecular flexibility index (Phi) is 6.20. The number of hydrogen-bond acceptors (Lipinski definition) is 3. The summed E-state index contributed by atoms with van der Waals surface area (Å²) in [6.07, 6.45) is 1.22. The topological polar surface area (TPSA) is 39.7 Å². The highest BCUT2D eigenvalue weighted by Crippen LogP contribution is 2.26. The quantitative estimate of drug-likeness (QED) is 0.601. The van der Waals surface area contributed by atoms with Gasteiger partial charge in [0.2, 0.25) is 0 Å². The van der Waals surface area contributed by atoms with E-state index in [2.05, 4.69) is 82.2 Å². The number of anilines is 1. The summed E-state index contributed by atoms with van der Waals surface area (Å²) in [5.41, 5.74) is 1.43.